The van der Waals surface area contributed by atoms with Crippen molar-refractivity contribution in [3.8, 4) is 11.8 Å². The van der Waals surface area contributed by atoms with Crippen LogP contribution in [0.4, 0.5) is 0 Å². The minimum absolute atomic E-state index is 0.403. The molecule has 18 heavy (non-hydrogen) atoms. The van der Waals surface area contributed by atoms with Gasteiger partial charge >= 0.3 is 0 Å². The zero-order valence-corrected chi connectivity index (χ0v) is 11.2. The van der Waals surface area contributed by atoms with Crippen LogP contribution >= 0.6 is 11.3 Å². The lowest BCUT2D eigenvalue weighted by Crippen LogP contribution is -2.16. The van der Waals surface area contributed by atoms with Crippen LogP contribution in [0, 0.1) is 11.8 Å². The van der Waals surface area contributed by atoms with Gasteiger partial charge in [-0.15, -0.1) is 11.3 Å². The maximum absolute atomic E-state index is 5.40. The molecule has 2 aromatic heterocycles. The Morgan fingerprint density at radius 3 is 3.00 bits per heavy atom. The highest BCUT2D eigenvalue weighted by atomic mass is 32.1. The summed E-state index contributed by atoms with van der Waals surface area (Å²) in [5.74, 6) is 6.01. The molecular formula is C14H16N2OS. The number of hydrogen-bond donors (Lipinski definition) is 1. The number of thiophene rings is 1. The van der Waals surface area contributed by atoms with Gasteiger partial charge in [0.15, 0.2) is 0 Å². The molecule has 2 heterocycles. The van der Waals surface area contributed by atoms with Crippen LogP contribution in [0.3, 0.4) is 0 Å². The average Bonchev–Trinajstić information content (AvgIpc) is 2.98. The smallest absolute Gasteiger partial charge is 0.0947 e. The summed E-state index contributed by atoms with van der Waals surface area (Å²) in [4.78, 5) is 3.52. The second-order valence-electron chi connectivity index (χ2n) is 4.07. The molecular weight excluding hydrogens is 244 g/mol. The fraction of sp³-hybridized carbons (Fsp3) is 0.286. The van der Waals surface area contributed by atoms with Gasteiger partial charge in [0.2, 0.25) is 0 Å². The lowest BCUT2D eigenvalue weighted by molar-refractivity contribution is 0.320. The summed E-state index contributed by atoms with van der Waals surface area (Å²) < 4.78 is 5.07. The van der Waals surface area contributed by atoms with Gasteiger partial charge in [0.05, 0.1) is 19.1 Å². The van der Waals surface area contributed by atoms with E-state index in [-0.39, 0.29) is 0 Å². The van der Waals surface area contributed by atoms with E-state index in [1.165, 1.54) is 10.4 Å². The van der Waals surface area contributed by atoms with Crippen LogP contribution in [0.1, 0.15) is 16.0 Å². The molecule has 2 aromatic rings. The van der Waals surface area contributed by atoms with Crippen LogP contribution in [-0.2, 0) is 13.1 Å². The standard InChI is InChI=1S/C14H16N2OS/c1-16(9-12-4-7-17-11-12)10-14-13(3-2-6-15)5-8-18-14/h4-5,7-8,11H,6,9-10,15H2,1H3. The molecule has 0 aliphatic heterocycles. The van der Waals surface area contributed by atoms with Crippen molar-refractivity contribution in [3.63, 3.8) is 0 Å². The highest BCUT2D eigenvalue weighted by Crippen LogP contribution is 2.18. The zero-order valence-electron chi connectivity index (χ0n) is 10.3. The Labute approximate surface area is 111 Å². The van der Waals surface area contributed by atoms with Crippen molar-refractivity contribution < 1.29 is 4.42 Å². The minimum atomic E-state index is 0.403. The fourth-order valence-corrected chi connectivity index (χ4v) is 2.63. The summed E-state index contributed by atoms with van der Waals surface area (Å²) in [6.07, 6.45) is 3.48. The summed E-state index contributed by atoms with van der Waals surface area (Å²) in [6.45, 7) is 2.16. The van der Waals surface area contributed by atoms with Gasteiger partial charge in [-0.2, -0.15) is 0 Å². The molecule has 0 aromatic carbocycles. The van der Waals surface area contributed by atoms with E-state index in [2.05, 4.69) is 29.2 Å². The molecule has 0 saturated heterocycles. The van der Waals surface area contributed by atoms with Crippen molar-refractivity contribution >= 4 is 11.3 Å². The van der Waals surface area contributed by atoms with Gasteiger partial charge in [-0.05, 0) is 24.6 Å². The minimum Gasteiger partial charge on any atom is -0.472 e. The third-order valence-corrected chi connectivity index (χ3v) is 3.42. The summed E-state index contributed by atoms with van der Waals surface area (Å²) in [5, 5.41) is 2.07. The van der Waals surface area contributed by atoms with Gasteiger partial charge in [0.25, 0.3) is 0 Å². The Balaban J connectivity index is 1.98. The SMILES string of the molecule is CN(Cc1ccoc1)Cc1sccc1C#CCN. The van der Waals surface area contributed by atoms with E-state index >= 15 is 0 Å². The lowest BCUT2D eigenvalue weighted by atomic mass is 10.2. The second-order valence-corrected chi connectivity index (χ2v) is 5.07. The molecule has 0 fully saturated rings. The van der Waals surface area contributed by atoms with Crippen molar-refractivity contribution in [1.29, 1.82) is 0 Å². The highest BCUT2D eigenvalue weighted by molar-refractivity contribution is 7.10. The monoisotopic (exact) mass is 260 g/mol. The first-order valence-electron chi connectivity index (χ1n) is 5.74. The molecule has 0 amide bonds. The van der Waals surface area contributed by atoms with Crippen LogP contribution in [0.5, 0.6) is 0 Å². The molecule has 0 spiro atoms. The van der Waals surface area contributed by atoms with E-state index in [0.29, 0.717) is 6.54 Å². The molecule has 0 saturated carbocycles. The molecule has 0 aliphatic rings. The van der Waals surface area contributed by atoms with Crippen LogP contribution in [0.25, 0.3) is 0 Å². The largest absolute Gasteiger partial charge is 0.472 e. The zero-order chi connectivity index (χ0) is 12.8. The summed E-state index contributed by atoms with van der Waals surface area (Å²) in [5.41, 5.74) is 7.67. The number of rotatable bonds is 4. The number of hydrogen-bond acceptors (Lipinski definition) is 4. The van der Waals surface area contributed by atoms with Gasteiger partial charge in [0, 0.05) is 29.1 Å². The van der Waals surface area contributed by atoms with Gasteiger partial charge in [-0.3, -0.25) is 4.90 Å². The first-order valence-corrected chi connectivity index (χ1v) is 6.62. The van der Waals surface area contributed by atoms with Crippen LogP contribution in [0.15, 0.2) is 34.5 Å². The molecule has 3 nitrogen and oxygen atoms in total. The van der Waals surface area contributed by atoms with Gasteiger partial charge in [0.1, 0.15) is 0 Å². The van der Waals surface area contributed by atoms with Crippen molar-refractivity contribution in [2.24, 2.45) is 5.73 Å². The van der Waals surface area contributed by atoms with E-state index < -0.39 is 0 Å². The van der Waals surface area contributed by atoms with Crippen molar-refractivity contribution in [1.82, 2.24) is 4.90 Å². The predicted molar refractivity (Wildman–Crippen MR) is 74.1 cm³/mol. The topological polar surface area (TPSA) is 42.4 Å². The summed E-state index contributed by atoms with van der Waals surface area (Å²) in [6, 6.07) is 4.04. The maximum atomic E-state index is 5.40. The molecule has 0 unspecified atom stereocenters. The molecule has 0 atom stereocenters. The normalized spacial score (nSPS) is 10.4. The molecule has 0 bridgehead atoms. The average molecular weight is 260 g/mol. The van der Waals surface area contributed by atoms with E-state index in [1.54, 1.807) is 23.9 Å². The third-order valence-electron chi connectivity index (χ3n) is 2.52. The molecule has 94 valence electrons. The Bertz CT molecular complexity index is 534. The van der Waals surface area contributed by atoms with Crippen molar-refractivity contribution in [2.45, 2.75) is 13.1 Å². The summed E-state index contributed by atoms with van der Waals surface area (Å²) >= 11 is 1.73. The van der Waals surface area contributed by atoms with E-state index in [9.17, 15) is 0 Å². The maximum Gasteiger partial charge on any atom is 0.0947 e. The summed E-state index contributed by atoms with van der Waals surface area (Å²) in [7, 11) is 2.09. The number of furan rings is 1. The van der Waals surface area contributed by atoms with Crippen LogP contribution < -0.4 is 5.73 Å². The van der Waals surface area contributed by atoms with Gasteiger partial charge in [-0.25, -0.2) is 0 Å². The van der Waals surface area contributed by atoms with Crippen molar-refractivity contribution in [2.75, 3.05) is 13.6 Å². The van der Waals surface area contributed by atoms with Gasteiger partial charge in [-0.1, -0.05) is 11.8 Å². The van der Waals surface area contributed by atoms with Crippen LogP contribution in [-0.4, -0.2) is 18.5 Å². The first-order chi connectivity index (χ1) is 8.79. The van der Waals surface area contributed by atoms with Crippen molar-refractivity contribution in [3.05, 3.63) is 46.0 Å². The van der Waals surface area contributed by atoms with E-state index in [0.717, 1.165) is 18.7 Å². The lowest BCUT2D eigenvalue weighted by Gasteiger charge is -2.14. The third kappa shape index (κ3) is 3.47. The van der Waals surface area contributed by atoms with E-state index in [4.69, 9.17) is 10.2 Å². The second kappa shape index (κ2) is 6.41. The Kier molecular flexibility index (Phi) is 4.59. The molecule has 0 radical (unpaired) electrons. The highest BCUT2D eigenvalue weighted by Gasteiger charge is 2.07. The number of nitrogens with two attached hydrogens (primary N) is 1. The Morgan fingerprint density at radius 1 is 1.39 bits per heavy atom. The first kappa shape index (κ1) is 12.9. The Hall–Kier alpha value is -1.54. The predicted octanol–water partition coefficient (Wildman–Crippen LogP) is 2.28. The Morgan fingerprint density at radius 2 is 2.28 bits per heavy atom. The molecule has 0 aliphatic carbocycles. The fourth-order valence-electron chi connectivity index (χ4n) is 1.72. The molecule has 2 rings (SSSR count). The molecule has 2 N–H and O–H groups in total. The van der Waals surface area contributed by atoms with Gasteiger partial charge < -0.3 is 10.2 Å². The quantitative estimate of drug-likeness (QED) is 0.858. The molecule has 4 heteroatoms. The number of nitrogens with zero attached hydrogens (tertiary/aromatic N) is 1. The van der Waals surface area contributed by atoms with Crippen LogP contribution in [0.2, 0.25) is 0 Å². The van der Waals surface area contributed by atoms with E-state index in [1.807, 2.05) is 12.1 Å².